The number of rotatable bonds is 6. The van der Waals surface area contributed by atoms with Gasteiger partial charge in [0, 0.05) is 11.9 Å². The molecule has 1 aliphatic rings. The fraction of sp³-hybridized carbons (Fsp3) is 0.318. The van der Waals surface area contributed by atoms with Gasteiger partial charge in [-0.25, -0.2) is 9.07 Å². The zero-order valence-corrected chi connectivity index (χ0v) is 16.1. The van der Waals surface area contributed by atoms with Gasteiger partial charge in [-0.05, 0) is 49.7 Å². The van der Waals surface area contributed by atoms with Crippen molar-refractivity contribution in [2.24, 2.45) is 0 Å². The van der Waals surface area contributed by atoms with Gasteiger partial charge in [0.1, 0.15) is 12.4 Å². The van der Waals surface area contributed by atoms with E-state index < -0.39 is 0 Å². The molecule has 6 nitrogen and oxygen atoms in total. The minimum Gasteiger partial charge on any atom is -0.353 e. The second-order valence-electron chi connectivity index (χ2n) is 7.31. The fourth-order valence-electron chi connectivity index (χ4n) is 3.84. The molecule has 1 N–H and O–H groups in total. The fourth-order valence-corrected chi connectivity index (χ4v) is 3.84. The first kappa shape index (κ1) is 19.3. The SMILES string of the molecule is O=C(Cn1ncc2ccccc2c1=O)NC[C@H](c1ccc(F)cc1)N1CCCC1. The van der Waals surface area contributed by atoms with E-state index in [4.69, 9.17) is 0 Å². The van der Waals surface area contributed by atoms with Crippen LogP contribution in [0.15, 0.2) is 59.5 Å². The van der Waals surface area contributed by atoms with Crippen molar-refractivity contribution in [2.75, 3.05) is 19.6 Å². The van der Waals surface area contributed by atoms with Crippen LogP contribution in [-0.2, 0) is 11.3 Å². The maximum absolute atomic E-state index is 13.3. The molecule has 7 heteroatoms. The molecule has 1 amide bonds. The van der Waals surface area contributed by atoms with Crippen molar-refractivity contribution < 1.29 is 9.18 Å². The van der Waals surface area contributed by atoms with Crippen LogP contribution in [0.5, 0.6) is 0 Å². The molecule has 4 rings (SSSR count). The summed E-state index contributed by atoms with van der Waals surface area (Å²) >= 11 is 0. The van der Waals surface area contributed by atoms with Crippen LogP contribution in [0.1, 0.15) is 24.4 Å². The van der Waals surface area contributed by atoms with E-state index in [2.05, 4.69) is 15.3 Å². The second-order valence-corrected chi connectivity index (χ2v) is 7.31. The number of nitrogens with zero attached hydrogens (tertiary/aromatic N) is 3. The zero-order chi connectivity index (χ0) is 20.2. The van der Waals surface area contributed by atoms with Gasteiger partial charge in [0.2, 0.25) is 5.91 Å². The van der Waals surface area contributed by atoms with Gasteiger partial charge < -0.3 is 5.32 Å². The first-order valence-electron chi connectivity index (χ1n) is 9.83. The number of benzene rings is 2. The molecular weight excluding hydrogens is 371 g/mol. The Morgan fingerprint density at radius 3 is 2.59 bits per heavy atom. The molecular formula is C22H23FN4O2. The summed E-state index contributed by atoms with van der Waals surface area (Å²) in [4.78, 5) is 27.4. The molecule has 1 aromatic heterocycles. The van der Waals surface area contributed by atoms with Crippen molar-refractivity contribution in [1.29, 1.82) is 0 Å². The van der Waals surface area contributed by atoms with Crippen molar-refractivity contribution in [3.63, 3.8) is 0 Å². The van der Waals surface area contributed by atoms with E-state index in [-0.39, 0.29) is 29.9 Å². The lowest BCUT2D eigenvalue weighted by Crippen LogP contribution is -2.39. The highest BCUT2D eigenvalue weighted by Crippen LogP contribution is 2.24. The average molecular weight is 394 g/mol. The van der Waals surface area contributed by atoms with Crippen molar-refractivity contribution >= 4 is 16.7 Å². The molecule has 0 saturated carbocycles. The van der Waals surface area contributed by atoms with Gasteiger partial charge in [0.15, 0.2) is 0 Å². The number of nitrogens with one attached hydrogen (secondary N) is 1. The maximum atomic E-state index is 13.3. The Hall–Kier alpha value is -3.06. The zero-order valence-electron chi connectivity index (χ0n) is 16.1. The maximum Gasteiger partial charge on any atom is 0.275 e. The molecule has 1 fully saturated rings. The lowest BCUT2D eigenvalue weighted by molar-refractivity contribution is -0.122. The van der Waals surface area contributed by atoms with E-state index >= 15 is 0 Å². The predicted molar refractivity (Wildman–Crippen MR) is 109 cm³/mol. The van der Waals surface area contributed by atoms with Crippen molar-refractivity contribution in [2.45, 2.75) is 25.4 Å². The first-order valence-corrected chi connectivity index (χ1v) is 9.83. The number of hydrogen-bond acceptors (Lipinski definition) is 4. The second kappa shape index (κ2) is 8.53. The highest BCUT2D eigenvalue weighted by molar-refractivity contribution is 5.81. The number of likely N-dealkylation sites (tertiary alicyclic amines) is 1. The predicted octanol–water partition coefficient (Wildman–Crippen LogP) is 2.49. The molecule has 2 heterocycles. The van der Waals surface area contributed by atoms with Gasteiger partial charge in [0.05, 0.1) is 17.6 Å². The minimum atomic E-state index is -0.284. The quantitative estimate of drug-likeness (QED) is 0.698. The normalized spacial score (nSPS) is 15.5. The van der Waals surface area contributed by atoms with Gasteiger partial charge >= 0.3 is 0 Å². The van der Waals surface area contributed by atoms with Gasteiger partial charge in [0.25, 0.3) is 5.56 Å². The number of amides is 1. The standard InChI is InChI=1S/C22H23FN4O2/c23-18-9-7-16(8-10-18)20(26-11-3-4-12-26)14-24-21(28)15-27-22(29)19-6-2-1-5-17(19)13-25-27/h1-2,5-10,13,20H,3-4,11-12,14-15H2,(H,24,28)/t20-/m1/s1. The van der Waals surface area contributed by atoms with Crippen molar-refractivity contribution in [3.8, 4) is 0 Å². The average Bonchev–Trinajstić information content (AvgIpc) is 3.26. The number of carbonyl (C=O) groups excluding carboxylic acids is 1. The van der Waals surface area contributed by atoms with Gasteiger partial charge in [-0.15, -0.1) is 0 Å². The monoisotopic (exact) mass is 394 g/mol. The first-order chi connectivity index (χ1) is 14.1. The highest BCUT2D eigenvalue weighted by Gasteiger charge is 2.24. The Labute approximate surface area is 167 Å². The Balaban J connectivity index is 1.46. The smallest absolute Gasteiger partial charge is 0.275 e. The number of fused-ring (bicyclic) bond motifs is 1. The summed E-state index contributed by atoms with van der Waals surface area (Å²) in [7, 11) is 0. The van der Waals surface area contributed by atoms with Gasteiger partial charge in [-0.3, -0.25) is 14.5 Å². The Morgan fingerprint density at radius 1 is 1.10 bits per heavy atom. The van der Waals surface area contributed by atoms with E-state index in [1.807, 2.05) is 12.1 Å². The number of hydrogen-bond donors (Lipinski definition) is 1. The third-order valence-corrected chi connectivity index (χ3v) is 5.38. The molecule has 150 valence electrons. The molecule has 3 aromatic rings. The number of carbonyl (C=O) groups is 1. The van der Waals surface area contributed by atoms with Crippen LogP contribution in [0.3, 0.4) is 0 Å². The van der Waals surface area contributed by atoms with Crippen molar-refractivity contribution in [3.05, 3.63) is 76.5 Å². The molecule has 1 aliphatic heterocycles. The molecule has 1 atom stereocenters. The van der Waals surface area contributed by atoms with Crippen LogP contribution in [0.25, 0.3) is 10.8 Å². The van der Waals surface area contributed by atoms with E-state index in [1.165, 1.54) is 16.8 Å². The number of aromatic nitrogens is 2. The van der Waals surface area contributed by atoms with Crippen LogP contribution in [0.4, 0.5) is 4.39 Å². The van der Waals surface area contributed by atoms with Gasteiger partial charge in [-0.1, -0.05) is 30.3 Å². The Morgan fingerprint density at radius 2 is 1.83 bits per heavy atom. The molecule has 0 radical (unpaired) electrons. The molecule has 29 heavy (non-hydrogen) atoms. The summed E-state index contributed by atoms with van der Waals surface area (Å²) in [5, 5.41) is 8.32. The summed E-state index contributed by atoms with van der Waals surface area (Å²) in [6.45, 7) is 2.15. The van der Waals surface area contributed by atoms with E-state index in [0.29, 0.717) is 11.9 Å². The van der Waals surface area contributed by atoms with Crippen LogP contribution in [0.2, 0.25) is 0 Å². The van der Waals surface area contributed by atoms with Crippen molar-refractivity contribution in [1.82, 2.24) is 20.0 Å². The Kier molecular flexibility index (Phi) is 5.67. The molecule has 0 unspecified atom stereocenters. The molecule has 0 bridgehead atoms. The van der Waals surface area contributed by atoms with Gasteiger partial charge in [-0.2, -0.15) is 5.10 Å². The summed E-state index contributed by atoms with van der Waals surface area (Å²) in [6, 6.07) is 13.6. The molecule has 0 spiro atoms. The molecule has 2 aromatic carbocycles. The third kappa shape index (κ3) is 4.35. The van der Waals surface area contributed by atoms with E-state index in [0.717, 1.165) is 36.9 Å². The lowest BCUT2D eigenvalue weighted by atomic mass is 10.1. The largest absolute Gasteiger partial charge is 0.353 e. The molecule has 0 aliphatic carbocycles. The number of halogens is 1. The van der Waals surface area contributed by atoms with Crippen LogP contribution in [-0.4, -0.2) is 40.2 Å². The van der Waals surface area contributed by atoms with Crippen LogP contribution in [0, 0.1) is 5.82 Å². The Bertz CT molecular complexity index is 1060. The topological polar surface area (TPSA) is 67.2 Å². The summed E-state index contributed by atoms with van der Waals surface area (Å²) in [5.74, 6) is -0.555. The van der Waals surface area contributed by atoms with Crippen LogP contribution >= 0.6 is 0 Å². The summed E-state index contributed by atoms with van der Waals surface area (Å²) < 4.78 is 14.5. The summed E-state index contributed by atoms with van der Waals surface area (Å²) in [6.07, 6.45) is 3.82. The van der Waals surface area contributed by atoms with E-state index in [9.17, 15) is 14.0 Å². The molecule has 1 saturated heterocycles. The van der Waals surface area contributed by atoms with Crippen LogP contribution < -0.4 is 10.9 Å². The third-order valence-electron chi connectivity index (χ3n) is 5.38. The lowest BCUT2D eigenvalue weighted by Gasteiger charge is -2.28. The summed E-state index contributed by atoms with van der Waals surface area (Å²) in [5.41, 5.74) is 0.683. The minimum absolute atomic E-state index is 0.0247. The highest BCUT2D eigenvalue weighted by atomic mass is 19.1. The van der Waals surface area contributed by atoms with E-state index in [1.54, 1.807) is 30.5 Å².